The van der Waals surface area contributed by atoms with E-state index in [2.05, 4.69) is 11.0 Å². The minimum absolute atomic E-state index is 0.0645. The molecule has 1 fully saturated rings. The van der Waals surface area contributed by atoms with Crippen LogP contribution in [0.3, 0.4) is 0 Å². The quantitative estimate of drug-likeness (QED) is 0.825. The Bertz CT molecular complexity index is 468. The van der Waals surface area contributed by atoms with E-state index >= 15 is 0 Å². The zero-order valence-corrected chi connectivity index (χ0v) is 10.9. The van der Waals surface area contributed by atoms with Crippen LogP contribution in [0.1, 0.15) is 5.56 Å². The van der Waals surface area contributed by atoms with Crippen molar-refractivity contribution in [1.82, 2.24) is 0 Å². The fraction of sp³-hybridized carbons (Fsp3) is 0.571. The number of nitrogens with two attached hydrogens (primary N) is 2. The Morgan fingerprint density at radius 3 is 2.89 bits per heavy atom. The molecule has 0 aliphatic carbocycles. The van der Waals surface area contributed by atoms with Crippen LogP contribution in [0, 0.1) is 5.92 Å². The molecule has 19 heavy (non-hydrogen) atoms. The average Bonchev–Trinajstić information content (AvgIpc) is 2.79. The monoisotopic (exact) mass is 265 g/mol. The van der Waals surface area contributed by atoms with Crippen LogP contribution >= 0.6 is 0 Å². The van der Waals surface area contributed by atoms with Gasteiger partial charge in [0, 0.05) is 42.8 Å². The molecule has 0 amide bonds. The summed E-state index contributed by atoms with van der Waals surface area (Å²) in [6.07, 6.45) is 0.849. The second-order valence-corrected chi connectivity index (χ2v) is 5.55. The van der Waals surface area contributed by atoms with Crippen molar-refractivity contribution in [1.29, 1.82) is 0 Å². The normalized spacial score (nSPS) is 30.1. The molecule has 104 valence electrons. The van der Waals surface area contributed by atoms with E-state index in [1.807, 2.05) is 12.1 Å². The molecule has 2 heterocycles. The van der Waals surface area contributed by atoms with Crippen LogP contribution in [0.4, 0.5) is 10.1 Å². The molecule has 4 N–H and O–H groups in total. The number of halogens is 1. The Balaban J connectivity index is 1.80. The van der Waals surface area contributed by atoms with Crippen molar-refractivity contribution in [2.45, 2.75) is 18.5 Å². The summed E-state index contributed by atoms with van der Waals surface area (Å²) in [6, 6.07) is 6.12. The third kappa shape index (κ3) is 2.40. The molecule has 0 radical (unpaired) electrons. The predicted octanol–water partition coefficient (Wildman–Crippen LogP) is 0.682. The Labute approximate surface area is 112 Å². The van der Waals surface area contributed by atoms with E-state index in [1.165, 1.54) is 0 Å². The molecule has 0 aromatic heterocycles. The lowest BCUT2D eigenvalue weighted by atomic mass is 10.0. The third-order valence-corrected chi connectivity index (χ3v) is 4.04. The Hall–Kier alpha value is -1.33. The van der Waals surface area contributed by atoms with Gasteiger partial charge in [-0.3, -0.25) is 4.39 Å². The van der Waals surface area contributed by atoms with Crippen molar-refractivity contribution in [2.75, 3.05) is 31.3 Å². The van der Waals surface area contributed by atoms with E-state index in [1.54, 1.807) is 0 Å². The van der Waals surface area contributed by atoms with Crippen molar-refractivity contribution < 1.29 is 9.13 Å². The number of hydrogen-bond acceptors (Lipinski definition) is 4. The number of nitrogens with zero attached hydrogens (tertiary/aromatic N) is 1. The number of hydrogen-bond donors (Lipinski definition) is 2. The lowest BCUT2D eigenvalue weighted by Crippen LogP contribution is -2.34. The SMILES string of the molecule is NC1CN(c2ccc3c(c2)OC[C@H](N)C3)CC1CF. The van der Waals surface area contributed by atoms with Gasteiger partial charge in [0.15, 0.2) is 0 Å². The number of alkyl halides is 1. The fourth-order valence-electron chi connectivity index (χ4n) is 2.85. The molecule has 5 heteroatoms. The first kappa shape index (κ1) is 12.7. The maximum Gasteiger partial charge on any atom is 0.124 e. The van der Waals surface area contributed by atoms with Crippen molar-refractivity contribution in [2.24, 2.45) is 17.4 Å². The number of rotatable bonds is 2. The highest BCUT2D eigenvalue weighted by molar-refractivity contribution is 5.55. The molecule has 1 saturated heterocycles. The molecular formula is C14H20FN3O. The van der Waals surface area contributed by atoms with Crippen molar-refractivity contribution >= 4 is 5.69 Å². The van der Waals surface area contributed by atoms with Gasteiger partial charge in [0.25, 0.3) is 0 Å². The second kappa shape index (κ2) is 4.98. The summed E-state index contributed by atoms with van der Waals surface area (Å²) in [5.41, 5.74) is 14.0. The molecule has 2 aliphatic rings. The van der Waals surface area contributed by atoms with Crippen LogP contribution in [-0.2, 0) is 6.42 Å². The van der Waals surface area contributed by atoms with Crippen LogP contribution < -0.4 is 21.1 Å². The molecule has 0 saturated carbocycles. The summed E-state index contributed by atoms with van der Waals surface area (Å²) in [5, 5.41) is 0. The van der Waals surface area contributed by atoms with Gasteiger partial charge in [0.1, 0.15) is 12.4 Å². The Morgan fingerprint density at radius 2 is 2.16 bits per heavy atom. The molecule has 4 nitrogen and oxygen atoms in total. The van der Waals surface area contributed by atoms with Crippen LogP contribution in [0.25, 0.3) is 0 Å². The van der Waals surface area contributed by atoms with E-state index in [4.69, 9.17) is 16.2 Å². The molecular weight excluding hydrogens is 245 g/mol. The third-order valence-electron chi connectivity index (χ3n) is 4.04. The smallest absolute Gasteiger partial charge is 0.124 e. The summed E-state index contributed by atoms with van der Waals surface area (Å²) in [4.78, 5) is 2.13. The molecule has 1 aromatic rings. The minimum atomic E-state index is -0.353. The standard InChI is InChI=1S/C14H20FN3O/c15-5-10-6-18(7-13(10)17)12-2-1-9-3-11(16)8-19-14(9)4-12/h1-2,4,10-11,13H,3,5-8,16-17H2/t10?,11-,13?/m1/s1. The summed E-state index contributed by atoms with van der Waals surface area (Å²) in [7, 11) is 0. The first-order chi connectivity index (χ1) is 9.17. The van der Waals surface area contributed by atoms with Gasteiger partial charge in [-0.1, -0.05) is 6.07 Å². The molecule has 0 bridgehead atoms. The zero-order valence-electron chi connectivity index (χ0n) is 10.9. The average molecular weight is 265 g/mol. The van der Waals surface area contributed by atoms with Gasteiger partial charge >= 0.3 is 0 Å². The number of ether oxygens (including phenoxy) is 1. The maximum atomic E-state index is 12.8. The molecule has 1 aromatic carbocycles. The Kier molecular flexibility index (Phi) is 3.33. The first-order valence-corrected chi connectivity index (χ1v) is 6.75. The van der Waals surface area contributed by atoms with Crippen LogP contribution in [-0.4, -0.2) is 38.5 Å². The Morgan fingerprint density at radius 1 is 1.32 bits per heavy atom. The molecule has 3 rings (SSSR count). The molecule has 3 atom stereocenters. The van der Waals surface area contributed by atoms with Gasteiger partial charge < -0.3 is 21.1 Å². The van der Waals surface area contributed by atoms with Gasteiger partial charge in [0.05, 0.1) is 6.67 Å². The maximum absolute atomic E-state index is 12.8. The zero-order chi connectivity index (χ0) is 13.4. The number of anilines is 1. The topological polar surface area (TPSA) is 64.5 Å². The van der Waals surface area contributed by atoms with Gasteiger partial charge in [0.2, 0.25) is 0 Å². The largest absolute Gasteiger partial charge is 0.492 e. The van der Waals surface area contributed by atoms with Crippen LogP contribution in [0.2, 0.25) is 0 Å². The highest BCUT2D eigenvalue weighted by Crippen LogP contribution is 2.31. The second-order valence-electron chi connectivity index (χ2n) is 5.55. The molecule has 0 spiro atoms. The van der Waals surface area contributed by atoms with Gasteiger partial charge in [-0.05, 0) is 18.1 Å². The first-order valence-electron chi connectivity index (χ1n) is 6.75. The van der Waals surface area contributed by atoms with Crippen LogP contribution in [0.5, 0.6) is 5.75 Å². The van der Waals surface area contributed by atoms with Crippen molar-refractivity contribution in [3.05, 3.63) is 23.8 Å². The van der Waals surface area contributed by atoms with E-state index in [9.17, 15) is 4.39 Å². The lowest BCUT2D eigenvalue weighted by Gasteiger charge is -2.25. The lowest BCUT2D eigenvalue weighted by molar-refractivity contribution is 0.263. The van der Waals surface area contributed by atoms with Gasteiger partial charge in [-0.15, -0.1) is 0 Å². The summed E-state index contributed by atoms with van der Waals surface area (Å²) in [6.45, 7) is 1.58. The summed E-state index contributed by atoms with van der Waals surface area (Å²) >= 11 is 0. The van der Waals surface area contributed by atoms with E-state index in [-0.39, 0.29) is 24.7 Å². The van der Waals surface area contributed by atoms with E-state index in [0.29, 0.717) is 19.7 Å². The predicted molar refractivity (Wildman–Crippen MR) is 73.3 cm³/mol. The summed E-state index contributed by atoms with van der Waals surface area (Å²) < 4.78 is 18.5. The van der Waals surface area contributed by atoms with Crippen LogP contribution in [0.15, 0.2) is 18.2 Å². The van der Waals surface area contributed by atoms with Crippen molar-refractivity contribution in [3.8, 4) is 5.75 Å². The molecule has 2 unspecified atom stereocenters. The van der Waals surface area contributed by atoms with Gasteiger partial charge in [-0.2, -0.15) is 0 Å². The van der Waals surface area contributed by atoms with Crippen molar-refractivity contribution in [3.63, 3.8) is 0 Å². The summed E-state index contributed by atoms with van der Waals surface area (Å²) in [5.74, 6) is 0.835. The fourth-order valence-corrected chi connectivity index (χ4v) is 2.85. The number of benzene rings is 1. The highest BCUT2D eigenvalue weighted by atomic mass is 19.1. The highest BCUT2D eigenvalue weighted by Gasteiger charge is 2.30. The van der Waals surface area contributed by atoms with E-state index < -0.39 is 0 Å². The minimum Gasteiger partial charge on any atom is -0.492 e. The van der Waals surface area contributed by atoms with Gasteiger partial charge in [-0.25, -0.2) is 0 Å². The van der Waals surface area contributed by atoms with E-state index in [0.717, 1.165) is 23.4 Å². The number of fused-ring (bicyclic) bond motifs is 1. The molecule has 2 aliphatic heterocycles.